The molecule has 0 spiro atoms. The molecule has 4 N–H and O–H groups in total. The number of carboxylic acids is 1. The summed E-state index contributed by atoms with van der Waals surface area (Å²) in [7, 11) is 0. The summed E-state index contributed by atoms with van der Waals surface area (Å²) in [6, 6.07) is -0.713. The highest BCUT2D eigenvalue weighted by Crippen LogP contribution is 1.96. The Morgan fingerprint density at radius 3 is 2.31 bits per heavy atom. The van der Waals surface area contributed by atoms with Crippen LogP contribution in [0.5, 0.6) is 0 Å². The SMILES string of the molecule is C1COCN1.CC(C)[C@H](N)C(=O)O. The zero-order chi connectivity index (χ0) is 10.3. The van der Waals surface area contributed by atoms with Crippen molar-refractivity contribution in [3.63, 3.8) is 0 Å². The molecule has 0 unspecified atom stereocenters. The van der Waals surface area contributed by atoms with Gasteiger partial charge in [0.2, 0.25) is 0 Å². The molecule has 0 radical (unpaired) electrons. The largest absolute Gasteiger partial charge is 0.480 e. The first-order valence-corrected chi connectivity index (χ1v) is 4.32. The van der Waals surface area contributed by atoms with E-state index in [0.29, 0.717) is 0 Å². The highest BCUT2D eigenvalue weighted by atomic mass is 16.5. The van der Waals surface area contributed by atoms with Gasteiger partial charge in [-0.15, -0.1) is 0 Å². The van der Waals surface area contributed by atoms with Gasteiger partial charge in [-0.05, 0) is 5.92 Å². The van der Waals surface area contributed by atoms with Gasteiger partial charge in [0.05, 0.1) is 13.3 Å². The molecule has 0 saturated carbocycles. The third kappa shape index (κ3) is 6.51. The lowest BCUT2D eigenvalue weighted by Crippen LogP contribution is -2.34. The second kappa shape index (κ2) is 6.82. The maximum Gasteiger partial charge on any atom is 0.320 e. The number of carbonyl (C=O) groups is 1. The van der Waals surface area contributed by atoms with Gasteiger partial charge in [0.15, 0.2) is 0 Å². The molecule has 0 amide bonds. The number of carboxylic acid groups (broad SMARTS) is 1. The number of rotatable bonds is 2. The Bertz CT molecular complexity index is 139. The number of ether oxygens (including phenoxy) is 1. The van der Waals surface area contributed by atoms with Crippen molar-refractivity contribution in [1.29, 1.82) is 0 Å². The normalized spacial score (nSPS) is 17.8. The first-order chi connectivity index (χ1) is 6.05. The van der Waals surface area contributed by atoms with Crippen molar-refractivity contribution in [3.05, 3.63) is 0 Å². The summed E-state index contributed by atoms with van der Waals surface area (Å²) in [5, 5.41) is 11.2. The number of nitrogens with two attached hydrogens (primary N) is 1. The maximum atomic E-state index is 10.0. The van der Waals surface area contributed by atoms with E-state index in [0.717, 1.165) is 19.9 Å². The fourth-order valence-electron chi connectivity index (χ4n) is 0.646. The van der Waals surface area contributed by atoms with Crippen LogP contribution >= 0.6 is 0 Å². The first kappa shape index (κ1) is 12.3. The van der Waals surface area contributed by atoms with Gasteiger partial charge in [-0.25, -0.2) is 0 Å². The minimum atomic E-state index is -0.931. The number of hydrogen-bond donors (Lipinski definition) is 3. The van der Waals surface area contributed by atoms with Gasteiger partial charge in [-0.3, -0.25) is 10.1 Å². The van der Waals surface area contributed by atoms with E-state index >= 15 is 0 Å². The van der Waals surface area contributed by atoms with Crippen LogP contribution in [0.3, 0.4) is 0 Å². The lowest BCUT2D eigenvalue weighted by molar-refractivity contribution is -0.139. The molecule has 0 aliphatic carbocycles. The van der Waals surface area contributed by atoms with Crippen LogP contribution in [0.2, 0.25) is 0 Å². The molecule has 1 fully saturated rings. The Morgan fingerprint density at radius 2 is 2.23 bits per heavy atom. The number of nitrogens with one attached hydrogen (secondary N) is 1. The first-order valence-electron chi connectivity index (χ1n) is 4.32. The van der Waals surface area contributed by atoms with Crippen LogP contribution in [-0.2, 0) is 9.53 Å². The van der Waals surface area contributed by atoms with Crippen LogP contribution in [0, 0.1) is 5.92 Å². The van der Waals surface area contributed by atoms with Crippen molar-refractivity contribution < 1.29 is 14.6 Å². The van der Waals surface area contributed by atoms with Crippen LogP contribution in [-0.4, -0.2) is 37.0 Å². The molecule has 0 bridgehead atoms. The molecule has 0 aromatic carbocycles. The summed E-state index contributed by atoms with van der Waals surface area (Å²) in [5.41, 5.74) is 5.16. The third-order valence-electron chi connectivity index (χ3n) is 1.63. The van der Waals surface area contributed by atoms with E-state index in [1.54, 1.807) is 13.8 Å². The Labute approximate surface area is 78.3 Å². The molecule has 78 valence electrons. The van der Waals surface area contributed by atoms with Crippen LogP contribution in [0.1, 0.15) is 13.8 Å². The molecule has 5 nitrogen and oxygen atoms in total. The molecule has 1 atom stereocenters. The fraction of sp³-hybridized carbons (Fsp3) is 0.875. The maximum absolute atomic E-state index is 10.0. The Balaban J connectivity index is 0.000000243. The van der Waals surface area contributed by atoms with E-state index < -0.39 is 12.0 Å². The van der Waals surface area contributed by atoms with Crippen molar-refractivity contribution >= 4 is 5.97 Å². The summed E-state index contributed by atoms with van der Waals surface area (Å²) in [4.78, 5) is 10.0. The summed E-state index contributed by atoms with van der Waals surface area (Å²) in [5.74, 6) is -0.910. The smallest absolute Gasteiger partial charge is 0.320 e. The molecule has 0 aromatic heterocycles. The van der Waals surface area contributed by atoms with E-state index in [9.17, 15) is 4.79 Å². The predicted molar refractivity (Wildman–Crippen MR) is 49.3 cm³/mol. The standard InChI is InChI=1S/C5H11NO2.C3H7NO/c1-3(2)4(6)5(7)8;1-2-5-3-4-1/h3-4H,6H2,1-2H3,(H,7,8);4H,1-3H2/t4-;/m0./s1. The molecule has 1 rings (SSSR count). The highest BCUT2D eigenvalue weighted by Gasteiger charge is 2.14. The van der Waals surface area contributed by atoms with Gasteiger partial charge < -0.3 is 15.6 Å². The lowest BCUT2D eigenvalue weighted by atomic mass is 10.1. The fourth-order valence-corrected chi connectivity index (χ4v) is 0.646. The zero-order valence-corrected chi connectivity index (χ0v) is 8.12. The van der Waals surface area contributed by atoms with E-state index in [1.165, 1.54) is 0 Å². The minimum Gasteiger partial charge on any atom is -0.480 e. The topological polar surface area (TPSA) is 84.6 Å². The lowest BCUT2D eigenvalue weighted by Gasteiger charge is -2.07. The number of aliphatic carboxylic acids is 1. The van der Waals surface area contributed by atoms with Gasteiger partial charge >= 0.3 is 5.97 Å². The Hall–Kier alpha value is -0.650. The van der Waals surface area contributed by atoms with E-state index in [2.05, 4.69) is 5.32 Å². The summed E-state index contributed by atoms with van der Waals surface area (Å²) in [6.07, 6.45) is 0. The van der Waals surface area contributed by atoms with Crippen LogP contribution in [0.25, 0.3) is 0 Å². The van der Waals surface area contributed by atoms with Crippen molar-refractivity contribution in [2.24, 2.45) is 11.7 Å². The van der Waals surface area contributed by atoms with E-state index in [4.69, 9.17) is 15.6 Å². The van der Waals surface area contributed by atoms with Crippen molar-refractivity contribution in [1.82, 2.24) is 5.32 Å². The summed E-state index contributed by atoms with van der Waals surface area (Å²) in [6.45, 7) is 6.22. The molecule has 1 aliphatic heterocycles. The monoisotopic (exact) mass is 190 g/mol. The second-order valence-electron chi connectivity index (χ2n) is 3.16. The van der Waals surface area contributed by atoms with Crippen molar-refractivity contribution in [3.8, 4) is 0 Å². The molecule has 1 aliphatic rings. The summed E-state index contributed by atoms with van der Waals surface area (Å²) >= 11 is 0. The van der Waals surface area contributed by atoms with Gasteiger partial charge in [-0.1, -0.05) is 13.8 Å². The molecule has 1 saturated heterocycles. The molecular formula is C8H18N2O3. The van der Waals surface area contributed by atoms with Crippen LogP contribution in [0.4, 0.5) is 0 Å². The minimum absolute atomic E-state index is 0.0208. The zero-order valence-electron chi connectivity index (χ0n) is 8.12. The summed E-state index contributed by atoms with van der Waals surface area (Å²) < 4.78 is 4.83. The molecule has 1 heterocycles. The quantitative estimate of drug-likeness (QED) is 0.552. The third-order valence-corrected chi connectivity index (χ3v) is 1.63. The van der Waals surface area contributed by atoms with Crippen molar-refractivity contribution in [2.75, 3.05) is 19.9 Å². The average Bonchev–Trinajstić information content (AvgIpc) is 2.59. The van der Waals surface area contributed by atoms with Crippen molar-refractivity contribution in [2.45, 2.75) is 19.9 Å². The predicted octanol–water partition coefficient (Wildman–Crippen LogP) is -0.382. The number of hydrogen-bond acceptors (Lipinski definition) is 4. The molecule has 5 heteroatoms. The van der Waals surface area contributed by atoms with Gasteiger partial charge in [-0.2, -0.15) is 0 Å². The Kier molecular flexibility index (Phi) is 6.48. The van der Waals surface area contributed by atoms with Gasteiger partial charge in [0.1, 0.15) is 6.04 Å². The van der Waals surface area contributed by atoms with E-state index in [-0.39, 0.29) is 5.92 Å². The van der Waals surface area contributed by atoms with Gasteiger partial charge in [0, 0.05) is 6.54 Å². The average molecular weight is 190 g/mol. The van der Waals surface area contributed by atoms with E-state index in [1.807, 2.05) is 0 Å². The molecule has 0 aromatic rings. The molecule has 13 heavy (non-hydrogen) atoms. The molecular weight excluding hydrogens is 172 g/mol. The highest BCUT2D eigenvalue weighted by molar-refractivity contribution is 5.73. The van der Waals surface area contributed by atoms with Crippen LogP contribution in [0.15, 0.2) is 0 Å². The van der Waals surface area contributed by atoms with Gasteiger partial charge in [0.25, 0.3) is 0 Å². The Morgan fingerprint density at radius 1 is 1.62 bits per heavy atom. The van der Waals surface area contributed by atoms with Crippen LogP contribution < -0.4 is 11.1 Å². The second-order valence-corrected chi connectivity index (χ2v) is 3.16.